The normalized spacial score (nSPS) is 29.3. The van der Waals surface area contributed by atoms with Gasteiger partial charge in [-0.3, -0.25) is 4.79 Å². The molecule has 4 heteroatoms. The number of nitrogens with zero attached hydrogens (tertiary/aromatic N) is 1. The summed E-state index contributed by atoms with van der Waals surface area (Å²) in [5.74, 6) is 2.22. The van der Waals surface area contributed by atoms with E-state index in [4.69, 9.17) is 4.42 Å². The molecule has 1 amide bonds. The Morgan fingerprint density at radius 3 is 3.00 bits per heavy atom. The second-order valence-electron chi connectivity index (χ2n) is 5.05. The van der Waals surface area contributed by atoms with Crippen LogP contribution in [0.1, 0.15) is 29.0 Å². The highest BCUT2D eigenvalue weighted by molar-refractivity contribution is 5.95. The third-order valence-corrected chi connectivity index (χ3v) is 3.87. The predicted octanol–water partition coefficient (Wildman–Crippen LogP) is 2.52. The number of hydrazone groups is 1. The number of rotatable bonds is 3. The fraction of sp³-hybridized carbons (Fsp3) is 0.429. The van der Waals surface area contributed by atoms with Gasteiger partial charge in [-0.05, 0) is 37.7 Å². The van der Waals surface area contributed by atoms with E-state index < -0.39 is 0 Å². The molecule has 18 heavy (non-hydrogen) atoms. The minimum atomic E-state index is -0.212. The lowest BCUT2D eigenvalue weighted by atomic mass is 9.95. The molecule has 1 fully saturated rings. The van der Waals surface area contributed by atoms with Crippen molar-refractivity contribution >= 4 is 12.1 Å². The molecule has 1 aromatic rings. The first kappa shape index (κ1) is 11.3. The lowest BCUT2D eigenvalue weighted by Crippen LogP contribution is -2.19. The molecule has 3 rings (SSSR count). The zero-order valence-electron chi connectivity index (χ0n) is 10.3. The van der Waals surface area contributed by atoms with Crippen molar-refractivity contribution in [2.24, 2.45) is 22.9 Å². The van der Waals surface area contributed by atoms with Crippen molar-refractivity contribution < 1.29 is 9.21 Å². The van der Waals surface area contributed by atoms with Crippen LogP contribution >= 0.6 is 0 Å². The van der Waals surface area contributed by atoms with E-state index >= 15 is 0 Å². The lowest BCUT2D eigenvalue weighted by molar-refractivity contribution is 0.0953. The lowest BCUT2D eigenvalue weighted by Gasteiger charge is -2.11. The third kappa shape index (κ3) is 1.98. The molecule has 94 valence electrons. The molecule has 4 nitrogen and oxygen atoms in total. The Bertz CT molecular complexity index is 516. The maximum Gasteiger partial charge on any atom is 0.274 e. The number of aryl methyl sites for hydroxylation is 1. The Hall–Kier alpha value is -1.84. The number of carbonyl (C=O) groups excluding carboxylic acids is 1. The van der Waals surface area contributed by atoms with Crippen LogP contribution in [0.3, 0.4) is 0 Å². The number of carbonyl (C=O) groups is 1. The molecule has 2 aliphatic carbocycles. The van der Waals surface area contributed by atoms with Crippen LogP contribution in [0, 0.1) is 24.7 Å². The molecule has 1 saturated carbocycles. The predicted molar refractivity (Wildman–Crippen MR) is 68.2 cm³/mol. The zero-order chi connectivity index (χ0) is 12.5. The fourth-order valence-electron chi connectivity index (χ4n) is 2.87. The minimum absolute atomic E-state index is 0.212. The van der Waals surface area contributed by atoms with Gasteiger partial charge in [0.15, 0.2) is 0 Å². The van der Waals surface area contributed by atoms with Crippen LogP contribution in [-0.2, 0) is 0 Å². The summed E-state index contributed by atoms with van der Waals surface area (Å²) in [6.07, 6.45) is 10.3. The summed E-state index contributed by atoms with van der Waals surface area (Å²) in [6, 6.07) is 1.65. The zero-order valence-corrected chi connectivity index (χ0v) is 10.3. The number of nitrogens with one attached hydrogen (secondary N) is 1. The van der Waals surface area contributed by atoms with Gasteiger partial charge in [0.25, 0.3) is 5.91 Å². The van der Waals surface area contributed by atoms with Gasteiger partial charge in [-0.15, -0.1) is 0 Å². The highest BCUT2D eigenvalue weighted by atomic mass is 16.3. The van der Waals surface area contributed by atoms with Crippen molar-refractivity contribution in [3.8, 4) is 0 Å². The molecule has 2 bridgehead atoms. The van der Waals surface area contributed by atoms with Gasteiger partial charge < -0.3 is 4.42 Å². The van der Waals surface area contributed by atoms with E-state index in [9.17, 15) is 4.79 Å². The molecule has 1 aromatic heterocycles. The number of fused-ring (bicyclic) bond motifs is 2. The quantitative estimate of drug-likeness (QED) is 0.504. The van der Waals surface area contributed by atoms with Crippen LogP contribution in [0.2, 0.25) is 0 Å². The Morgan fingerprint density at radius 1 is 1.50 bits per heavy atom. The maximum atomic E-state index is 11.8. The van der Waals surface area contributed by atoms with E-state index in [0.717, 1.165) is 12.3 Å². The van der Waals surface area contributed by atoms with Crippen LogP contribution in [0.4, 0.5) is 0 Å². The SMILES string of the molecule is Cc1occc1C(=O)N/N=C\[C@@H]1C[C@H]2C=C[C@@H]1C2. The molecule has 0 aromatic carbocycles. The maximum absolute atomic E-state index is 11.8. The summed E-state index contributed by atoms with van der Waals surface area (Å²) in [5, 5.41) is 4.07. The second kappa shape index (κ2) is 4.44. The van der Waals surface area contributed by atoms with E-state index in [1.165, 1.54) is 12.7 Å². The summed E-state index contributed by atoms with van der Waals surface area (Å²) >= 11 is 0. The van der Waals surface area contributed by atoms with Crippen molar-refractivity contribution in [2.75, 3.05) is 0 Å². The fourth-order valence-corrected chi connectivity index (χ4v) is 2.87. The first-order valence-corrected chi connectivity index (χ1v) is 6.30. The molecule has 1 N–H and O–H groups in total. The summed E-state index contributed by atoms with van der Waals surface area (Å²) in [7, 11) is 0. The van der Waals surface area contributed by atoms with Crippen molar-refractivity contribution in [3.05, 3.63) is 35.8 Å². The first-order valence-electron chi connectivity index (χ1n) is 6.30. The Balaban J connectivity index is 1.57. The van der Waals surface area contributed by atoms with Gasteiger partial charge in [0.2, 0.25) is 0 Å². The van der Waals surface area contributed by atoms with Crippen LogP contribution in [-0.4, -0.2) is 12.1 Å². The molecule has 3 atom stereocenters. The van der Waals surface area contributed by atoms with Crippen molar-refractivity contribution in [1.82, 2.24) is 5.43 Å². The monoisotopic (exact) mass is 244 g/mol. The highest BCUT2D eigenvalue weighted by Crippen LogP contribution is 2.42. The van der Waals surface area contributed by atoms with Crippen LogP contribution in [0.15, 0.2) is 34.0 Å². The molecule has 2 aliphatic rings. The summed E-state index contributed by atoms with van der Waals surface area (Å²) in [5.41, 5.74) is 3.10. The first-order chi connectivity index (χ1) is 8.74. The average molecular weight is 244 g/mol. The summed E-state index contributed by atoms with van der Waals surface area (Å²) in [6.45, 7) is 1.76. The Labute approximate surface area is 106 Å². The van der Waals surface area contributed by atoms with Gasteiger partial charge in [-0.2, -0.15) is 5.10 Å². The molecule has 0 aliphatic heterocycles. The van der Waals surface area contributed by atoms with Crippen LogP contribution < -0.4 is 5.43 Å². The molecule has 0 unspecified atom stereocenters. The van der Waals surface area contributed by atoms with Gasteiger partial charge in [0.05, 0.1) is 11.8 Å². The topological polar surface area (TPSA) is 54.6 Å². The molecular weight excluding hydrogens is 228 g/mol. The smallest absolute Gasteiger partial charge is 0.274 e. The molecule has 0 saturated heterocycles. The van der Waals surface area contributed by atoms with Gasteiger partial charge in [-0.25, -0.2) is 5.43 Å². The van der Waals surface area contributed by atoms with Gasteiger partial charge in [-0.1, -0.05) is 12.2 Å². The number of allylic oxidation sites excluding steroid dienone is 2. The van der Waals surface area contributed by atoms with Crippen molar-refractivity contribution in [3.63, 3.8) is 0 Å². The van der Waals surface area contributed by atoms with E-state index in [2.05, 4.69) is 22.7 Å². The molecule has 0 radical (unpaired) electrons. The van der Waals surface area contributed by atoms with E-state index in [0.29, 0.717) is 23.2 Å². The van der Waals surface area contributed by atoms with E-state index in [1.807, 2.05) is 6.21 Å². The number of hydrogen-bond acceptors (Lipinski definition) is 3. The van der Waals surface area contributed by atoms with E-state index in [-0.39, 0.29) is 5.91 Å². The molecular formula is C14H16N2O2. The van der Waals surface area contributed by atoms with Gasteiger partial charge in [0.1, 0.15) is 5.76 Å². The number of amides is 1. The second-order valence-corrected chi connectivity index (χ2v) is 5.05. The van der Waals surface area contributed by atoms with Gasteiger partial charge >= 0.3 is 0 Å². The summed E-state index contributed by atoms with van der Waals surface area (Å²) < 4.78 is 5.08. The standard InChI is InChI=1S/C14H16N2O2/c1-9-13(4-5-18-9)14(17)16-15-8-12-7-10-2-3-11(12)6-10/h2-5,8,10-12H,6-7H2,1H3,(H,16,17)/b15-8-/t10-,11+,12-/m0/s1. The molecule has 1 heterocycles. The van der Waals surface area contributed by atoms with Crippen molar-refractivity contribution in [1.29, 1.82) is 0 Å². The Kier molecular flexibility index (Phi) is 2.78. The van der Waals surface area contributed by atoms with Gasteiger partial charge in [0, 0.05) is 12.1 Å². The Morgan fingerprint density at radius 2 is 2.39 bits per heavy atom. The number of hydrogen-bond donors (Lipinski definition) is 1. The molecule has 0 spiro atoms. The van der Waals surface area contributed by atoms with Crippen LogP contribution in [0.25, 0.3) is 0 Å². The average Bonchev–Trinajstić information content (AvgIpc) is 3.04. The largest absolute Gasteiger partial charge is 0.469 e. The highest BCUT2D eigenvalue weighted by Gasteiger charge is 2.34. The van der Waals surface area contributed by atoms with E-state index in [1.54, 1.807) is 13.0 Å². The third-order valence-electron chi connectivity index (χ3n) is 3.87. The minimum Gasteiger partial charge on any atom is -0.469 e. The van der Waals surface area contributed by atoms with Crippen molar-refractivity contribution in [2.45, 2.75) is 19.8 Å². The summed E-state index contributed by atoms with van der Waals surface area (Å²) in [4.78, 5) is 11.8. The number of furan rings is 1. The van der Waals surface area contributed by atoms with Crippen LogP contribution in [0.5, 0.6) is 0 Å².